The predicted octanol–water partition coefficient (Wildman–Crippen LogP) is 3.10. The van der Waals surface area contributed by atoms with Crippen LogP contribution in [0.4, 0.5) is 4.39 Å². The molecule has 118 valence electrons. The lowest BCUT2D eigenvalue weighted by atomic mass is 10.1. The minimum Gasteiger partial charge on any atom is -0.296 e. The number of halogens is 2. The lowest BCUT2D eigenvalue weighted by molar-refractivity contribution is 0.560. The van der Waals surface area contributed by atoms with E-state index in [1.807, 2.05) is 0 Å². The summed E-state index contributed by atoms with van der Waals surface area (Å²) in [5.41, 5.74) is 0.135. The molecular formula is C17H14ClFN2O2. The summed E-state index contributed by atoms with van der Waals surface area (Å²) < 4.78 is 15.9. The zero-order chi connectivity index (χ0) is 16.7. The number of hydrogen-bond acceptors (Lipinski definition) is 2. The maximum absolute atomic E-state index is 13.4. The fourth-order valence-electron chi connectivity index (χ4n) is 2.68. The summed E-state index contributed by atoms with van der Waals surface area (Å²) in [7, 11) is 1.52. The van der Waals surface area contributed by atoms with E-state index in [1.165, 1.54) is 34.4 Å². The topological polar surface area (TPSA) is 44.0 Å². The first-order chi connectivity index (χ1) is 10.9. The molecule has 0 unspecified atom stereocenters. The van der Waals surface area contributed by atoms with Crippen molar-refractivity contribution in [3.63, 3.8) is 0 Å². The molecule has 0 bridgehead atoms. The van der Waals surface area contributed by atoms with Crippen LogP contribution in [0.15, 0.2) is 52.1 Å². The molecule has 0 radical (unpaired) electrons. The third-order valence-electron chi connectivity index (χ3n) is 4.00. The van der Waals surface area contributed by atoms with E-state index in [-0.39, 0.29) is 5.52 Å². The molecule has 2 aromatic carbocycles. The molecule has 3 rings (SSSR count). The average molecular weight is 333 g/mol. The Morgan fingerprint density at radius 1 is 1.09 bits per heavy atom. The van der Waals surface area contributed by atoms with Gasteiger partial charge in [0.1, 0.15) is 5.82 Å². The first kappa shape index (κ1) is 15.5. The number of fused-ring (bicyclic) bond motifs is 1. The lowest BCUT2D eigenvalue weighted by Crippen LogP contribution is -2.41. The molecule has 1 atom stereocenters. The van der Waals surface area contributed by atoms with Crippen molar-refractivity contribution in [3.05, 3.63) is 79.7 Å². The Bertz CT molecular complexity index is 1010. The summed E-state index contributed by atoms with van der Waals surface area (Å²) in [5.74, 6) is -0.490. The summed E-state index contributed by atoms with van der Waals surface area (Å²) in [4.78, 5) is 25.3. The van der Waals surface area contributed by atoms with Crippen LogP contribution in [0.5, 0.6) is 0 Å². The summed E-state index contributed by atoms with van der Waals surface area (Å²) in [6, 6.07) is 10.3. The zero-order valence-electron chi connectivity index (χ0n) is 12.6. The van der Waals surface area contributed by atoms with Crippen LogP contribution in [0, 0.1) is 5.82 Å². The maximum Gasteiger partial charge on any atom is 0.331 e. The third-order valence-corrected chi connectivity index (χ3v) is 4.26. The number of rotatable bonds is 2. The quantitative estimate of drug-likeness (QED) is 0.724. The largest absolute Gasteiger partial charge is 0.331 e. The van der Waals surface area contributed by atoms with E-state index in [0.29, 0.717) is 10.4 Å². The molecule has 0 amide bonds. The molecule has 0 N–H and O–H groups in total. The minimum absolute atomic E-state index is 0.277. The standard InChI is InChI=1S/C17H14ClFN2O2/c1-10(11-3-5-12(18)6-4-11)21-16(22)14-8-7-13(19)9-15(14)20(2)17(21)23/h3-10H,1-2H3/t10-/m0/s1. The molecule has 0 saturated carbocycles. The summed E-state index contributed by atoms with van der Waals surface area (Å²) in [6.45, 7) is 1.77. The number of aryl methyl sites for hydroxylation is 1. The van der Waals surface area contributed by atoms with Gasteiger partial charge in [-0.1, -0.05) is 23.7 Å². The van der Waals surface area contributed by atoms with Gasteiger partial charge >= 0.3 is 5.69 Å². The SMILES string of the molecule is C[C@@H](c1ccc(Cl)cc1)n1c(=O)c2ccc(F)cc2n(C)c1=O. The molecule has 0 saturated heterocycles. The molecule has 0 aliphatic carbocycles. The van der Waals surface area contributed by atoms with Crippen LogP contribution in [-0.2, 0) is 7.05 Å². The number of aromatic nitrogens is 2. The molecule has 4 nitrogen and oxygen atoms in total. The van der Waals surface area contributed by atoms with Gasteiger partial charge in [-0.25, -0.2) is 9.18 Å². The van der Waals surface area contributed by atoms with Gasteiger partial charge in [0.15, 0.2) is 0 Å². The fourth-order valence-corrected chi connectivity index (χ4v) is 2.80. The van der Waals surface area contributed by atoms with Crippen molar-refractivity contribution in [3.8, 4) is 0 Å². The van der Waals surface area contributed by atoms with E-state index in [0.717, 1.165) is 5.56 Å². The van der Waals surface area contributed by atoms with Crippen LogP contribution in [0.25, 0.3) is 10.9 Å². The molecule has 0 spiro atoms. The van der Waals surface area contributed by atoms with Crippen molar-refractivity contribution >= 4 is 22.5 Å². The highest BCUT2D eigenvalue weighted by Gasteiger charge is 2.17. The maximum atomic E-state index is 13.4. The van der Waals surface area contributed by atoms with Gasteiger partial charge in [0.05, 0.1) is 16.9 Å². The average Bonchev–Trinajstić information content (AvgIpc) is 2.53. The van der Waals surface area contributed by atoms with E-state index in [2.05, 4.69) is 0 Å². The second kappa shape index (κ2) is 5.66. The number of hydrogen-bond donors (Lipinski definition) is 0. The first-order valence-corrected chi connectivity index (χ1v) is 7.44. The molecule has 0 aliphatic heterocycles. The fraction of sp³-hybridized carbons (Fsp3) is 0.176. The predicted molar refractivity (Wildman–Crippen MR) is 88.7 cm³/mol. The summed E-state index contributed by atoms with van der Waals surface area (Å²) in [6.07, 6.45) is 0. The second-order valence-electron chi connectivity index (χ2n) is 5.41. The van der Waals surface area contributed by atoms with E-state index in [4.69, 9.17) is 11.6 Å². The van der Waals surface area contributed by atoms with Crippen molar-refractivity contribution in [2.75, 3.05) is 0 Å². The van der Waals surface area contributed by atoms with Gasteiger partial charge in [0.25, 0.3) is 5.56 Å². The molecule has 23 heavy (non-hydrogen) atoms. The monoisotopic (exact) mass is 332 g/mol. The Labute approximate surface area is 136 Å². The van der Waals surface area contributed by atoms with Crippen LogP contribution >= 0.6 is 11.6 Å². The van der Waals surface area contributed by atoms with Crippen LogP contribution < -0.4 is 11.2 Å². The molecular weight excluding hydrogens is 319 g/mol. The van der Waals surface area contributed by atoms with Crippen molar-refractivity contribution in [2.24, 2.45) is 7.05 Å². The number of benzene rings is 2. The summed E-state index contributed by atoms with van der Waals surface area (Å²) in [5, 5.41) is 0.879. The Balaban J connectivity index is 2.30. The van der Waals surface area contributed by atoms with E-state index in [9.17, 15) is 14.0 Å². The third kappa shape index (κ3) is 2.57. The lowest BCUT2D eigenvalue weighted by Gasteiger charge is -2.17. The van der Waals surface area contributed by atoms with Gasteiger partial charge in [0.2, 0.25) is 0 Å². The van der Waals surface area contributed by atoms with Crippen molar-refractivity contribution < 1.29 is 4.39 Å². The Morgan fingerprint density at radius 3 is 2.39 bits per heavy atom. The first-order valence-electron chi connectivity index (χ1n) is 7.06. The minimum atomic E-state index is -0.490. The van der Waals surface area contributed by atoms with E-state index >= 15 is 0 Å². The van der Waals surface area contributed by atoms with E-state index in [1.54, 1.807) is 31.2 Å². The molecule has 1 aromatic heterocycles. The van der Waals surface area contributed by atoms with Crippen LogP contribution in [0.3, 0.4) is 0 Å². The molecule has 3 aromatic rings. The number of nitrogens with zero attached hydrogens (tertiary/aromatic N) is 2. The van der Waals surface area contributed by atoms with Gasteiger partial charge in [-0.05, 0) is 42.8 Å². The molecule has 0 aliphatic rings. The van der Waals surface area contributed by atoms with Crippen molar-refractivity contribution in [1.82, 2.24) is 9.13 Å². The molecule has 6 heteroatoms. The highest BCUT2D eigenvalue weighted by molar-refractivity contribution is 6.30. The van der Waals surface area contributed by atoms with Gasteiger partial charge in [-0.3, -0.25) is 13.9 Å². The highest BCUT2D eigenvalue weighted by Crippen LogP contribution is 2.19. The van der Waals surface area contributed by atoms with Crippen LogP contribution in [0.1, 0.15) is 18.5 Å². The Hall–Kier alpha value is -2.40. The van der Waals surface area contributed by atoms with Gasteiger partial charge in [-0.2, -0.15) is 0 Å². The van der Waals surface area contributed by atoms with Gasteiger partial charge in [-0.15, -0.1) is 0 Å². The smallest absolute Gasteiger partial charge is 0.296 e. The summed E-state index contributed by atoms with van der Waals surface area (Å²) >= 11 is 5.87. The van der Waals surface area contributed by atoms with Gasteiger partial charge in [0, 0.05) is 12.1 Å². The molecule has 0 fully saturated rings. The Morgan fingerprint density at radius 2 is 1.74 bits per heavy atom. The normalized spacial score (nSPS) is 12.5. The van der Waals surface area contributed by atoms with Crippen LogP contribution in [0.2, 0.25) is 5.02 Å². The van der Waals surface area contributed by atoms with Crippen molar-refractivity contribution in [2.45, 2.75) is 13.0 Å². The zero-order valence-corrected chi connectivity index (χ0v) is 13.3. The van der Waals surface area contributed by atoms with E-state index < -0.39 is 23.1 Å². The Kier molecular flexibility index (Phi) is 3.82. The molecule has 1 heterocycles. The van der Waals surface area contributed by atoms with Crippen LogP contribution in [-0.4, -0.2) is 9.13 Å². The highest BCUT2D eigenvalue weighted by atomic mass is 35.5. The van der Waals surface area contributed by atoms with Crippen molar-refractivity contribution in [1.29, 1.82) is 0 Å². The van der Waals surface area contributed by atoms with Gasteiger partial charge < -0.3 is 0 Å². The second-order valence-corrected chi connectivity index (χ2v) is 5.84.